The predicted octanol–water partition coefficient (Wildman–Crippen LogP) is 1.36. The van der Waals surface area contributed by atoms with E-state index in [-0.39, 0.29) is 5.91 Å². The van der Waals surface area contributed by atoms with E-state index in [1.165, 1.54) is 24.0 Å². The molecule has 20 heavy (non-hydrogen) atoms. The van der Waals surface area contributed by atoms with E-state index < -0.39 is 0 Å². The minimum atomic E-state index is 0.104. The van der Waals surface area contributed by atoms with Crippen molar-refractivity contribution in [3.05, 3.63) is 29.3 Å². The number of anilines is 1. The number of hydrogen-bond donors (Lipinski definition) is 1. The van der Waals surface area contributed by atoms with E-state index in [1.807, 2.05) is 6.07 Å². The number of benzene rings is 1. The van der Waals surface area contributed by atoms with E-state index >= 15 is 0 Å². The van der Waals surface area contributed by atoms with Crippen LogP contribution < -0.4 is 5.32 Å². The van der Waals surface area contributed by atoms with E-state index in [4.69, 9.17) is 0 Å². The maximum Gasteiger partial charge on any atom is 0.238 e. The molecule has 0 saturated carbocycles. The molecule has 0 spiro atoms. The fraction of sp³-hybridized carbons (Fsp3) is 0.562. The molecule has 0 bridgehead atoms. The topological polar surface area (TPSA) is 35.6 Å². The summed E-state index contributed by atoms with van der Waals surface area (Å²) in [4.78, 5) is 16.6. The number of carbonyl (C=O) groups is 1. The van der Waals surface area contributed by atoms with Crippen molar-refractivity contribution in [3.8, 4) is 0 Å². The summed E-state index contributed by atoms with van der Waals surface area (Å²) >= 11 is 0. The number of likely N-dealkylation sites (N-methyl/N-ethyl adjacent to an activating group) is 1. The van der Waals surface area contributed by atoms with Crippen LogP contribution in [0.2, 0.25) is 0 Å². The van der Waals surface area contributed by atoms with Gasteiger partial charge in [0.25, 0.3) is 0 Å². The minimum absolute atomic E-state index is 0.104. The highest BCUT2D eigenvalue weighted by Crippen LogP contribution is 2.24. The molecular weight excluding hydrogens is 250 g/mol. The van der Waals surface area contributed by atoms with Crippen molar-refractivity contribution < 1.29 is 4.79 Å². The Morgan fingerprint density at radius 1 is 1.15 bits per heavy atom. The highest BCUT2D eigenvalue weighted by molar-refractivity contribution is 5.92. The molecule has 0 unspecified atom stereocenters. The first-order chi connectivity index (χ1) is 9.70. The van der Waals surface area contributed by atoms with Crippen LogP contribution in [0, 0.1) is 0 Å². The van der Waals surface area contributed by atoms with Crippen LogP contribution in [0.5, 0.6) is 0 Å². The number of piperazine rings is 1. The molecule has 0 aromatic heterocycles. The van der Waals surface area contributed by atoms with Crippen LogP contribution in [0.4, 0.5) is 5.69 Å². The largest absolute Gasteiger partial charge is 0.325 e. The number of nitrogens with one attached hydrogen (secondary N) is 1. The first-order valence-electron chi connectivity index (χ1n) is 7.53. The summed E-state index contributed by atoms with van der Waals surface area (Å²) in [5.74, 6) is 0.104. The minimum Gasteiger partial charge on any atom is -0.325 e. The summed E-state index contributed by atoms with van der Waals surface area (Å²) in [7, 11) is 2.13. The van der Waals surface area contributed by atoms with E-state index in [1.54, 1.807) is 0 Å². The van der Waals surface area contributed by atoms with E-state index in [0.717, 1.165) is 38.3 Å². The predicted molar refractivity (Wildman–Crippen MR) is 81.0 cm³/mol. The number of hydrogen-bond acceptors (Lipinski definition) is 3. The highest BCUT2D eigenvalue weighted by Gasteiger charge is 2.17. The molecule has 0 atom stereocenters. The number of aryl methyl sites for hydroxylation is 2. The van der Waals surface area contributed by atoms with Crippen LogP contribution in [0.3, 0.4) is 0 Å². The summed E-state index contributed by atoms with van der Waals surface area (Å²) in [6, 6.07) is 6.34. The Morgan fingerprint density at radius 2 is 1.90 bits per heavy atom. The molecule has 4 heteroatoms. The van der Waals surface area contributed by atoms with E-state index in [0.29, 0.717) is 6.54 Å². The van der Waals surface area contributed by atoms with Crippen LogP contribution >= 0.6 is 0 Å². The normalized spacial score (nSPS) is 19.9. The first kappa shape index (κ1) is 13.6. The molecule has 3 rings (SSSR count). The standard InChI is InChI=1S/C16H23N3O/c1-18-7-9-19(10-8-18)12-16(20)17-15-6-5-13-3-2-4-14(13)11-15/h5-6,11H,2-4,7-10,12H2,1H3,(H,17,20). The zero-order valence-corrected chi connectivity index (χ0v) is 12.2. The molecule has 1 aromatic carbocycles. The van der Waals surface area contributed by atoms with Gasteiger partial charge in [0.1, 0.15) is 0 Å². The lowest BCUT2D eigenvalue weighted by Crippen LogP contribution is -2.47. The third-order valence-electron chi connectivity index (χ3n) is 4.35. The second-order valence-corrected chi connectivity index (χ2v) is 5.96. The molecule has 1 aliphatic heterocycles. The third-order valence-corrected chi connectivity index (χ3v) is 4.35. The van der Waals surface area contributed by atoms with Crippen molar-refractivity contribution >= 4 is 11.6 Å². The Bertz CT molecular complexity index is 492. The van der Waals surface area contributed by atoms with Crippen LogP contribution in [0.1, 0.15) is 17.5 Å². The highest BCUT2D eigenvalue weighted by atomic mass is 16.2. The Labute approximate surface area is 120 Å². The molecular formula is C16H23N3O. The molecule has 4 nitrogen and oxygen atoms in total. The number of carbonyl (C=O) groups excluding carboxylic acids is 1. The number of fused-ring (bicyclic) bond motifs is 1. The van der Waals surface area contributed by atoms with Crippen LogP contribution in [-0.2, 0) is 17.6 Å². The van der Waals surface area contributed by atoms with E-state index in [9.17, 15) is 4.79 Å². The fourth-order valence-corrected chi connectivity index (χ4v) is 3.06. The maximum absolute atomic E-state index is 12.1. The summed E-state index contributed by atoms with van der Waals surface area (Å²) in [5.41, 5.74) is 3.80. The van der Waals surface area contributed by atoms with Gasteiger partial charge in [-0.25, -0.2) is 0 Å². The molecule has 1 heterocycles. The molecule has 0 radical (unpaired) electrons. The summed E-state index contributed by atoms with van der Waals surface area (Å²) in [6.07, 6.45) is 3.58. The third kappa shape index (κ3) is 3.19. The Morgan fingerprint density at radius 3 is 2.70 bits per heavy atom. The van der Waals surface area contributed by atoms with Gasteiger partial charge in [-0.05, 0) is 49.6 Å². The lowest BCUT2D eigenvalue weighted by Gasteiger charge is -2.31. The molecule has 1 aromatic rings. The smallest absolute Gasteiger partial charge is 0.238 e. The average Bonchev–Trinajstić information content (AvgIpc) is 2.89. The van der Waals surface area contributed by atoms with Crippen molar-refractivity contribution in [3.63, 3.8) is 0 Å². The summed E-state index contributed by atoms with van der Waals surface area (Å²) in [5, 5.41) is 3.04. The lowest BCUT2D eigenvalue weighted by molar-refractivity contribution is -0.117. The van der Waals surface area contributed by atoms with Gasteiger partial charge in [0.05, 0.1) is 6.54 Å². The van der Waals surface area contributed by atoms with E-state index in [2.05, 4.69) is 34.3 Å². The van der Waals surface area contributed by atoms with Crippen LogP contribution in [0.15, 0.2) is 18.2 Å². The Kier molecular flexibility index (Phi) is 4.03. The monoisotopic (exact) mass is 273 g/mol. The average molecular weight is 273 g/mol. The van der Waals surface area contributed by atoms with Crippen LogP contribution in [-0.4, -0.2) is 55.5 Å². The number of amides is 1. The lowest BCUT2D eigenvalue weighted by atomic mass is 10.1. The molecule has 2 aliphatic rings. The second kappa shape index (κ2) is 5.94. The molecule has 1 saturated heterocycles. The van der Waals surface area contributed by atoms with Gasteiger partial charge in [-0.2, -0.15) is 0 Å². The molecule has 1 aliphatic carbocycles. The van der Waals surface area contributed by atoms with Crippen molar-refractivity contribution in [1.29, 1.82) is 0 Å². The van der Waals surface area contributed by atoms with Crippen LogP contribution in [0.25, 0.3) is 0 Å². The number of nitrogens with zero attached hydrogens (tertiary/aromatic N) is 2. The van der Waals surface area contributed by atoms with Gasteiger partial charge in [-0.3, -0.25) is 9.69 Å². The second-order valence-electron chi connectivity index (χ2n) is 5.96. The SMILES string of the molecule is CN1CCN(CC(=O)Nc2ccc3c(c2)CCC3)CC1. The molecule has 1 amide bonds. The number of rotatable bonds is 3. The first-order valence-corrected chi connectivity index (χ1v) is 7.53. The van der Waals surface area contributed by atoms with Crippen molar-refractivity contribution in [2.24, 2.45) is 0 Å². The quantitative estimate of drug-likeness (QED) is 0.903. The van der Waals surface area contributed by atoms with Gasteiger partial charge in [-0.15, -0.1) is 0 Å². The molecule has 1 fully saturated rings. The van der Waals surface area contributed by atoms with Gasteiger partial charge in [0, 0.05) is 31.9 Å². The van der Waals surface area contributed by atoms with Gasteiger partial charge in [0.15, 0.2) is 0 Å². The zero-order chi connectivity index (χ0) is 13.9. The van der Waals surface area contributed by atoms with Gasteiger partial charge < -0.3 is 10.2 Å². The van der Waals surface area contributed by atoms with Crippen molar-refractivity contribution in [2.45, 2.75) is 19.3 Å². The Hall–Kier alpha value is -1.39. The molecule has 108 valence electrons. The fourth-order valence-electron chi connectivity index (χ4n) is 3.06. The van der Waals surface area contributed by atoms with Gasteiger partial charge in [0.2, 0.25) is 5.91 Å². The maximum atomic E-state index is 12.1. The summed E-state index contributed by atoms with van der Waals surface area (Å²) in [6.45, 7) is 4.56. The van der Waals surface area contributed by atoms with Gasteiger partial charge in [-0.1, -0.05) is 6.07 Å². The van der Waals surface area contributed by atoms with Crippen molar-refractivity contribution in [2.75, 3.05) is 45.1 Å². The molecule has 1 N–H and O–H groups in total. The van der Waals surface area contributed by atoms with Crippen molar-refractivity contribution in [1.82, 2.24) is 9.80 Å². The Balaban J connectivity index is 1.54. The zero-order valence-electron chi connectivity index (χ0n) is 12.2. The summed E-state index contributed by atoms with van der Waals surface area (Å²) < 4.78 is 0. The van der Waals surface area contributed by atoms with Gasteiger partial charge >= 0.3 is 0 Å².